The summed E-state index contributed by atoms with van der Waals surface area (Å²) in [6.07, 6.45) is 4.25. The highest BCUT2D eigenvalue weighted by atomic mass is 35.5. The van der Waals surface area contributed by atoms with Crippen LogP contribution in [-0.2, 0) is 4.79 Å². The van der Waals surface area contributed by atoms with Gasteiger partial charge < -0.3 is 14.1 Å². The highest BCUT2D eigenvalue weighted by Gasteiger charge is 2.29. The molecule has 0 spiro atoms. The van der Waals surface area contributed by atoms with Gasteiger partial charge in [0.05, 0.1) is 0 Å². The Kier molecular flexibility index (Phi) is 4.78. The maximum absolute atomic E-state index is 12.5. The Morgan fingerprint density at radius 1 is 1.48 bits per heavy atom. The molecule has 2 aromatic rings. The summed E-state index contributed by atoms with van der Waals surface area (Å²) in [5.41, 5.74) is 2.42. The smallest absolute Gasteiger partial charge is 0.395 e. The van der Waals surface area contributed by atoms with Crippen LogP contribution in [0.2, 0.25) is 5.02 Å². The van der Waals surface area contributed by atoms with Crippen LogP contribution in [0.15, 0.2) is 34.4 Å². The second kappa shape index (κ2) is 6.71. The Labute approximate surface area is 152 Å². The van der Waals surface area contributed by atoms with E-state index in [1.807, 2.05) is 0 Å². The quantitative estimate of drug-likeness (QED) is 0.793. The topological polar surface area (TPSA) is 55.6 Å². The third-order valence-corrected chi connectivity index (χ3v) is 4.70. The van der Waals surface area contributed by atoms with E-state index in [9.17, 15) is 4.79 Å². The van der Waals surface area contributed by atoms with Crippen molar-refractivity contribution < 1.29 is 13.9 Å². The molecular formula is C19H23ClN2O3. The molecule has 6 heteroatoms. The number of carbonyl (C=O) groups excluding carboxylic acids is 1. The number of ether oxygens (including phenoxy) is 1. The van der Waals surface area contributed by atoms with Gasteiger partial charge in [0.1, 0.15) is 5.52 Å². The Hall–Kier alpha value is -2.01. The van der Waals surface area contributed by atoms with Gasteiger partial charge in [0.15, 0.2) is 12.2 Å². The van der Waals surface area contributed by atoms with Crippen LogP contribution >= 0.6 is 11.6 Å². The number of hydrogen-bond acceptors (Lipinski definition) is 4. The normalized spacial score (nSPS) is 19.6. The van der Waals surface area contributed by atoms with E-state index < -0.39 is 0 Å². The van der Waals surface area contributed by atoms with Crippen molar-refractivity contribution in [3.05, 3.63) is 35.0 Å². The maximum Gasteiger partial charge on any atom is 0.395 e. The number of halogens is 1. The van der Waals surface area contributed by atoms with E-state index in [0.29, 0.717) is 22.0 Å². The van der Waals surface area contributed by atoms with Gasteiger partial charge in [-0.2, -0.15) is 4.98 Å². The van der Waals surface area contributed by atoms with Crippen molar-refractivity contribution in [3.63, 3.8) is 0 Å². The van der Waals surface area contributed by atoms with E-state index in [1.54, 1.807) is 30.1 Å². The third kappa shape index (κ3) is 4.15. The molecular weight excluding hydrogens is 340 g/mol. The minimum atomic E-state index is -0.128. The zero-order chi connectivity index (χ0) is 18.2. The summed E-state index contributed by atoms with van der Waals surface area (Å²) in [4.78, 5) is 18.3. The summed E-state index contributed by atoms with van der Waals surface area (Å²) in [5, 5.41) is 0.573. The van der Waals surface area contributed by atoms with Crippen molar-refractivity contribution in [2.24, 2.45) is 11.3 Å². The average molecular weight is 363 g/mol. The highest BCUT2D eigenvalue weighted by Crippen LogP contribution is 2.38. The number of fused-ring (bicyclic) bond motifs is 1. The van der Waals surface area contributed by atoms with Crippen molar-refractivity contribution in [2.45, 2.75) is 33.6 Å². The number of carbonyl (C=O) groups is 1. The number of amides is 1. The van der Waals surface area contributed by atoms with Crippen LogP contribution in [0.25, 0.3) is 11.1 Å². The monoisotopic (exact) mass is 362 g/mol. The first-order valence-corrected chi connectivity index (χ1v) is 8.77. The molecule has 0 saturated carbocycles. The first-order valence-electron chi connectivity index (χ1n) is 8.40. The highest BCUT2D eigenvalue weighted by molar-refractivity contribution is 6.31. The van der Waals surface area contributed by atoms with Gasteiger partial charge in [-0.3, -0.25) is 4.79 Å². The van der Waals surface area contributed by atoms with Gasteiger partial charge in [0.2, 0.25) is 0 Å². The number of rotatable bonds is 4. The first kappa shape index (κ1) is 17.8. The largest absolute Gasteiger partial charge is 0.440 e. The van der Waals surface area contributed by atoms with Crippen molar-refractivity contribution in [2.75, 3.05) is 13.7 Å². The standard InChI is InChI=1S/C19H23ClN2O3/c1-12-7-14(10-19(2,3)9-12)22(4)17(23)11-24-18-21-15-8-13(20)5-6-16(15)25-18/h5-8,12H,9-11H2,1-4H3. The van der Waals surface area contributed by atoms with Crippen molar-refractivity contribution >= 4 is 28.6 Å². The maximum atomic E-state index is 12.5. The molecule has 1 unspecified atom stereocenters. The van der Waals surface area contributed by atoms with Crippen LogP contribution in [-0.4, -0.2) is 29.4 Å². The van der Waals surface area contributed by atoms with E-state index >= 15 is 0 Å². The third-order valence-electron chi connectivity index (χ3n) is 4.47. The van der Waals surface area contributed by atoms with E-state index in [4.69, 9.17) is 20.8 Å². The van der Waals surface area contributed by atoms with Gasteiger partial charge in [0, 0.05) is 17.8 Å². The Balaban J connectivity index is 1.65. The second-order valence-corrected chi connectivity index (χ2v) is 7.95. The summed E-state index contributed by atoms with van der Waals surface area (Å²) in [7, 11) is 1.79. The number of oxazole rings is 1. The Bertz CT molecular complexity index is 825. The number of nitrogens with zero attached hydrogens (tertiary/aromatic N) is 2. The number of allylic oxidation sites excluding steroid dienone is 2. The van der Waals surface area contributed by atoms with Gasteiger partial charge >= 0.3 is 6.08 Å². The summed E-state index contributed by atoms with van der Waals surface area (Å²) in [6, 6.07) is 5.13. The fraction of sp³-hybridized carbons (Fsp3) is 0.474. The molecule has 0 N–H and O–H groups in total. The lowest BCUT2D eigenvalue weighted by molar-refractivity contribution is -0.131. The lowest BCUT2D eigenvalue weighted by Crippen LogP contribution is -2.35. The van der Waals surface area contributed by atoms with Crippen molar-refractivity contribution in [1.29, 1.82) is 0 Å². The Morgan fingerprint density at radius 2 is 2.24 bits per heavy atom. The fourth-order valence-corrected chi connectivity index (χ4v) is 3.60. The molecule has 1 aromatic heterocycles. The summed E-state index contributed by atoms with van der Waals surface area (Å²) < 4.78 is 10.9. The Morgan fingerprint density at radius 3 is 2.96 bits per heavy atom. The van der Waals surface area contributed by atoms with Gasteiger partial charge in [0.25, 0.3) is 5.91 Å². The molecule has 1 aliphatic rings. The van der Waals surface area contributed by atoms with Crippen molar-refractivity contribution in [1.82, 2.24) is 9.88 Å². The molecule has 1 aliphatic carbocycles. The number of aromatic nitrogens is 1. The molecule has 3 rings (SSSR count). The molecule has 0 aliphatic heterocycles. The van der Waals surface area contributed by atoms with Crippen LogP contribution < -0.4 is 4.74 Å². The molecule has 0 radical (unpaired) electrons. The van der Waals surface area contributed by atoms with Crippen LogP contribution in [0.4, 0.5) is 0 Å². The molecule has 25 heavy (non-hydrogen) atoms. The SMILES string of the molecule is CC1C=C(N(C)C(=O)COc2nc3cc(Cl)ccc3o2)CC(C)(C)C1. The molecule has 5 nitrogen and oxygen atoms in total. The second-order valence-electron chi connectivity index (χ2n) is 7.51. The van der Waals surface area contributed by atoms with E-state index in [0.717, 1.165) is 18.5 Å². The molecule has 0 bridgehead atoms. The summed E-state index contributed by atoms with van der Waals surface area (Å²) in [6.45, 7) is 6.52. The number of hydrogen-bond donors (Lipinski definition) is 0. The lowest BCUT2D eigenvalue weighted by atomic mass is 9.75. The minimum absolute atomic E-state index is 0.0744. The molecule has 1 heterocycles. The van der Waals surface area contributed by atoms with Crippen LogP contribution in [0.3, 0.4) is 0 Å². The lowest BCUT2D eigenvalue weighted by Gasteiger charge is -2.36. The van der Waals surface area contributed by atoms with Gasteiger partial charge in [-0.15, -0.1) is 0 Å². The molecule has 134 valence electrons. The number of likely N-dealkylation sites (N-methyl/N-ethyl adjacent to an activating group) is 1. The molecule has 1 aromatic carbocycles. The van der Waals surface area contributed by atoms with Gasteiger partial charge in [-0.05, 0) is 42.4 Å². The molecule has 0 saturated heterocycles. The predicted molar refractivity (Wildman–Crippen MR) is 97.5 cm³/mol. The molecule has 0 fully saturated rings. The summed E-state index contributed by atoms with van der Waals surface area (Å²) >= 11 is 5.93. The van der Waals surface area contributed by atoms with Gasteiger partial charge in [-0.25, -0.2) is 0 Å². The van der Waals surface area contributed by atoms with Crippen LogP contribution in [0.1, 0.15) is 33.6 Å². The first-order chi connectivity index (χ1) is 11.7. The minimum Gasteiger partial charge on any atom is -0.440 e. The fourth-order valence-electron chi connectivity index (χ4n) is 3.43. The zero-order valence-electron chi connectivity index (χ0n) is 15.0. The molecule has 1 amide bonds. The molecule has 1 atom stereocenters. The van der Waals surface area contributed by atoms with E-state index in [1.165, 1.54) is 0 Å². The van der Waals surface area contributed by atoms with E-state index in [2.05, 4.69) is 31.8 Å². The average Bonchev–Trinajstić information content (AvgIpc) is 2.91. The summed E-state index contributed by atoms with van der Waals surface area (Å²) in [5.74, 6) is 0.327. The van der Waals surface area contributed by atoms with Gasteiger partial charge in [-0.1, -0.05) is 38.4 Å². The van der Waals surface area contributed by atoms with Crippen LogP contribution in [0, 0.1) is 11.3 Å². The number of benzene rings is 1. The predicted octanol–water partition coefficient (Wildman–Crippen LogP) is 4.66. The zero-order valence-corrected chi connectivity index (χ0v) is 15.8. The van der Waals surface area contributed by atoms with Crippen LogP contribution in [0.5, 0.6) is 6.08 Å². The van der Waals surface area contributed by atoms with Crippen molar-refractivity contribution in [3.8, 4) is 6.08 Å². The van der Waals surface area contributed by atoms with E-state index in [-0.39, 0.29) is 24.0 Å².